The molecule has 1 saturated carbocycles. The van der Waals surface area contributed by atoms with Crippen molar-refractivity contribution >= 4 is 0 Å². The van der Waals surface area contributed by atoms with Crippen LogP contribution >= 0.6 is 0 Å². The molecule has 0 spiro atoms. The standard InChI is InChI=1S/C19H31NO/c1-3-20-15-18(17-10-6-4-5-7-11-17)13-16-9-8-12-19(14-16)21-2/h8-9,12,14,17-18,20H,3-7,10-11,13,15H2,1-2H3. The van der Waals surface area contributed by atoms with E-state index in [2.05, 4.69) is 30.4 Å². The van der Waals surface area contributed by atoms with Crippen molar-refractivity contribution in [3.05, 3.63) is 29.8 Å². The van der Waals surface area contributed by atoms with Gasteiger partial charge in [0.05, 0.1) is 7.11 Å². The van der Waals surface area contributed by atoms with E-state index in [4.69, 9.17) is 4.74 Å². The SMILES string of the molecule is CCNCC(Cc1cccc(OC)c1)C1CCCCCC1. The Hall–Kier alpha value is -1.02. The van der Waals surface area contributed by atoms with Crippen LogP contribution in [0.15, 0.2) is 24.3 Å². The predicted octanol–water partition coefficient (Wildman–Crippen LogP) is 4.43. The second kappa shape index (κ2) is 9.09. The number of ether oxygens (including phenoxy) is 1. The summed E-state index contributed by atoms with van der Waals surface area (Å²) in [5.41, 5.74) is 1.42. The van der Waals surface area contributed by atoms with Crippen LogP contribution in [0.3, 0.4) is 0 Å². The number of benzene rings is 1. The highest BCUT2D eigenvalue weighted by atomic mass is 16.5. The van der Waals surface area contributed by atoms with Crippen molar-refractivity contribution in [3.8, 4) is 5.75 Å². The number of hydrogen-bond acceptors (Lipinski definition) is 2. The van der Waals surface area contributed by atoms with E-state index in [1.807, 2.05) is 6.07 Å². The highest BCUT2D eigenvalue weighted by Gasteiger charge is 2.22. The van der Waals surface area contributed by atoms with Crippen LogP contribution in [-0.4, -0.2) is 20.2 Å². The smallest absolute Gasteiger partial charge is 0.119 e. The lowest BCUT2D eigenvalue weighted by Gasteiger charge is -2.27. The number of hydrogen-bond donors (Lipinski definition) is 1. The zero-order valence-electron chi connectivity index (χ0n) is 13.7. The van der Waals surface area contributed by atoms with E-state index in [9.17, 15) is 0 Å². The molecule has 0 aromatic heterocycles. The fourth-order valence-corrected chi connectivity index (χ4v) is 3.62. The van der Waals surface area contributed by atoms with Gasteiger partial charge in [-0.1, -0.05) is 57.6 Å². The van der Waals surface area contributed by atoms with Crippen molar-refractivity contribution < 1.29 is 4.74 Å². The molecular weight excluding hydrogens is 258 g/mol. The van der Waals surface area contributed by atoms with Gasteiger partial charge in [-0.2, -0.15) is 0 Å². The largest absolute Gasteiger partial charge is 0.497 e. The van der Waals surface area contributed by atoms with Crippen molar-refractivity contribution in [2.24, 2.45) is 11.8 Å². The molecule has 118 valence electrons. The molecule has 2 rings (SSSR count). The van der Waals surface area contributed by atoms with E-state index in [0.29, 0.717) is 0 Å². The van der Waals surface area contributed by atoms with Crippen molar-refractivity contribution in [2.45, 2.75) is 51.9 Å². The Morgan fingerprint density at radius 3 is 2.62 bits per heavy atom. The minimum Gasteiger partial charge on any atom is -0.497 e. The second-order valence-electron chi connectivity index (χ2n) is 6.38. The Kier molecular flexibility index (Phi) is 7.08. The van der Waals surface area contributed by atoms with Gasteiger partial charge in [-0.05, 0) is 49.0 Å². The molecule has 1 aromatic carbocycles. The van der Waals surface area contributed by atoms with Gasteiger partial charge in [0.2, 0.25) is 0 Å². The molecule has 2 nitrogen and oxygen atoms in total. The number of rotatable bonds is 7. The summed E-state index contributed by atoms with van der Waals surface area (Å²) >= 11 is 0. The summed E-state index contributed by atoms with van der Waals surface area (Å²) < 4.78 is 5.37. The maximum atomic E-state index is 5.37. The lowest BCUT2D eigenvalue weighted by molar-refractivity contribution is 0.286. The highest BCUT2D eigenvalue weighted by molar-refractivity contribution is 5.28. The minimum atomic E-state index is 0.759. The van der Waals surface area contributed by atoms with Crippen LogP contribution in [0.1, 0.15) is 51.0 Å². The van der Waals surface area contributed by atoms with Gasteiger partial charge in [0, 0.05) is 0 Å². The molecule has 0 bridgehead atoms. The van der Waals surface area contributed by atoms with E-state index in [1.54, 1.807) is 7.11 Å². The molecule has 0 radical (unpaired) electrons. The van der Waals surface area contributed by atoms with Gasteiger partial charge in [0.25, 0.3) is 0 Å². The zero-order chi connectivity index (χ0) is 14.9. The van der Waals surface area contributed by atoms with Crippen LogP contribution in [0.5, 0.6) is 5.75 Å². The molecule has 0 aliphatic heterocycles. The fourth-order valence-electron chi connectivity index (χ4n) is 3.62. The van der Waals surface area contributed by atoms with Gasteiger partial charge >= 0.3 is 0 Å². The first-order valence-corrected chi connectivity index (χ1v) is 8.67. The average molecular weight is 289 g/mol. The molecular formula is C19H31NO. The molecule has 1 aliphatic rings. The Bertz CT molecular complexity index is 396. The average Bonchev–Trinajstić information content (AvgIpc) is 2.81. The zero-order valence-corrected chi connectivity index (χ0v) is 13.7. The maximum Gasteiger partial charge on any atom is 0.119 e. The van der Waals surface area contributed by atoms with Crippen LogP contribution < -0.4 is 10.1 Å². The molecule has 1 atom stereocenters. The Balaban J connectivity index is 2.03. The minimum absolute atomic E-state index is 0.759. The van der Waals surface area contributed by atoms with Gasteiger partial charge in [-0.15, -0.1) is 0 Å². The molecule has 0 amide bonds. The van der Waals surface area contributed by atoms with Crippen molar-refractivity contribution in [1.82, 2.24) is 5.32 Å². The van der Waals surface area contributed by atoms with Gasteiger partial charge in [0.1, 0.15) is 5.75 Å². The van der Waals surface area contributed by atoms with E-state index in [-0.39, 0.29) is 0 Å². The van der Waals surface area contributed by atoms with Crippen LogP contribution in [0.4, 0.5) is 0 Å². The first-order chi connectivity index (χ1) is 10.3. The summed E-state index contributed by atoms with van der Waals surface area (Å²) in [7, 11) is 1.75. The molecule has 1 unspecified atom stereocenters. The van der Waals surface area contributed by atoms with E-state index in [0.717, 1.165) is 30.7 Å². The third kappa shape index (κ3) is 5.35. The molecule has 1 aliphatic carbocycles. The Morgan fingerprint density at radius 1 is 1.19 bits per heavy atom. The van der Waals surface area contributed by atoms with E-state index in [1.165, 1.54) is 50.5 Å². The lowest BCUT2D eigenvalue weighted by atomic mass is 9.82. The molecule has 0 heterocycles. The third-order valence-electron chi connectivity index (χ3n) is 4.86. The van der Waals surface area contributed by atoms with Crippen LogP contribution in [0, 0.1) is 11.8 Å². The first kappa shape index (κ1) is 16.4. The molecule has 1 fully saturated rings. The summed E-state index contributed by atoms with van der Waals surface area (Å²) in [4.78, 5) is 0. The van der Waals surface area contributed by atoms with Gasteiger partial charge in [-0.3, -0.25) is 0 Å². The van der Waals surface area contributed by atoms with Crippen LogP contribution in [0.2, 0.25) is 0 Å². The lowest BCUT2D eigenvalue weighted by Crippen LogP contribution is -2.29. The summed E-state index contributed by atoms with van der Waals surface area (Å²) in [6.07, 6.45) is 9.72. The monoisotopic (exact) mass is 289 g/mol. The van der Waals surface area contributed by atoms with Gasteiger partial charge in [0.15, 0.2) is 0 Å². The molecule has 1 N–H and O–H groups in total. The van der Waals surface area contributed by atoms with Gasteiger partial charge in [-0.25, -0.2) is 0 Å². The predicted molar refractivity (Wildman–Crippen MR) is 89.9 cm³/mol. The van der Waals surface area contributed by atoms with Crippen LogP contribution in [0.25, 0.3) is 0 Å². The molecule has 1 aromatic rings. The third-order valence-corrected chi connectivity index (χ3v) is 4.86. The van der Waals surface area contributed by atoms with E-state index >= 15 is 0 Å². The fraction of sp³-hybridized carbons (Fsp3) is 0.684. The molecule has 2 heteroatoms. The van der Waals surface area contributed by atoms with Crippen molar-refractivity contribution in [3.63, 3.8) is 0 Å². The summed E-state index contributed by atoms with van der Waals surface area (Å²) in [6.45, 7) is 4.43. The summed E-state index contributed by atoms with van der Waals surface area (Å²) in [5, 5.41) is 3.58. The number of methoxy groups -OCH3 is 1. The van der Waals surface area contributed by atoms with Gasteiger partial charge < -0.3 is 10.1 Å². The van der Waals surface area contributed by atoms with Crippen molar-refractivity contribution in [1.29, 1.82) is 0 Å². The normalized spacial score (nSPS) is 18.2. The van der Waals surface area contributed by atoms with Crippen LogP contribution in [-0.2, 0) is 6.42 Å². The van der Waals surface area contributed by atoms with E-state index < -0.39 is 0 Å². The maximum absolute atomic E-state index is 5.37. The molecule has 0 saturated heterocycles. The Morgan fingerprint density at radius 2 is 1.95 bits per heavy atom. The first-order valence-electron chi connectivity index (χ1n) is 8.67. The molecule has 21 heavy (non-hydrogen) atoms. The number of nitrogens with one attached hydrogen (secondary N) is 1. The Labute approximate surface area is 130 Å². The topological polar surface area (TPSA) is 21.3 Å². The quantitative estimate of drug-likeness (QED) is 0.750. The second-order valence-corrected chi connectivity index (χ2v) is 6.38. The highest BCUT2D eigenvalue weighted by Crippen LogP contribution is 2.31. The summed E-state index contributed by atoms with van der Waals surface area (Å²) in [6, 6.07) is 8.60. The van der Waals surface area contributed by atoms with Crippen molar-refractivity contribution in [2.75, 3.05) is 20.2 Å². The summed E-state index contributed by atoms with van der Waals surface area (Å²) in [5.74, 6) is 2.63.